The molecular formula is C9H6ClNOS2. The number of nitrogens with zero attached hydrogens (tertiary/aromatic N) is 1. The number of aromatic nitrogens is 1. The predicted octanol–water partition coefficient (Wildman–Crippen LogP) is 3.75. The minimum absolute atomic E-state index is 0.102. The van der Waals surface area contributed by atoms with E-state index in [-0.39, 0.29) is 5.91 Å². The van der Waals surface area contributed by atoms with Gasteiger partial charge in [-0.15, -0.1) is 11.3 Å². The zero-order chi connectivity index (χ0) is 10.3. The van der Waals surface area contributed by atoms with Crippen LogP contribution in [0.1, 0.15) is 11.7 Å². The lowest BCUT2D eigenvalue weighted by atomic mass is 10.3. The molecule has 0 aliphatic rings. The van der Waals surface area contributed by atoms with Gasteiger partial charge in [0.2, 0.25) is 5.91 Å². The summed E-state index contributed by atoms with van der Waals surface area (Å²) in [4.78, 5) is 11.3. The number of fused-ring (bicyclic) bond motifs is 1. The van der Waals surface area contributed by atoms with Crippen molar-refractivity contribution in [1.82, 2.24) is 4.57 Å². The molecule has 0 amide bonds. The molecule has 2 aromatic rings. The van der Waals surface area contributed by atoms with E-state index in [2.05, 4.69) is 0 Å². The fourth-order valence-electron chi connectivity index (χ4n) is 1.31. The SMILES string of the molecule is CC(=O)n1c(=S)sc2cccc(Cl)c21. The maximum atomic E-state index is 11.3. The van der Waals surface area contributed by atoms with Gasteiger partial charge in [-0.2, -0.15) is 0 Å². The second-order valence-electron chi connectivity index (χ2n) is 2.81. The summed E-state index contributed by atoms with van der Waals surface area (Å²) in [7, 11) is 0. The van der Waals surface area contributed by atoms with Gasteiger partial charge >= 0.3 is 0 Å². The van der Waals surface area contributed by atoms with Crippen LogP contribution in [0.2, 0.25) is 5.02 Å². The Labute approximate surface area is 94.7 Å². The number of hydrogen-bond acceptors (Lipinski definition) is 3. The average Bonchev–Trinajstić information content (AvgIpc) is 2.42. The monoisotopic (exact) mass is 243 g/mol. The fraction of sp³-hybridized carbons (Fsp3) is 0.111. The van der Waals surface area contributed by atoms with Gasteiger partial charge in [0.15, 0.2) is 3.95 Å². The third kappa shape index (κ3) is 1.39. The number of thiazole rings is 1. The fourth-order valence-corrected chi connectivity index (χ4v) is 3.06. The van der Waals surface area contributed by atoms with Crippen LogP contribution in [0.3, 0.4) is 0 Å². The van der Waals surface area contributed by atoms with Crippen molar-refractivity contribution >= 4 is 51.3 Å². The van der Waals surface area contributed by atoms with E-state index in [0.29, 0.717) is 8.98 Å². The Balaban J connectivity index is 3.01. The molecule has 0 N–H and O–H groups in total. The van der Waals surface area contributed by atoms with E-state index in [0.717, 1.165) is 10.2 Å². The molecule has 0 atom stereocenters. The van der Waals surface area contributed by atoms with Crippen molar-refractivity contribution in [2.24, 2.45) is 0 Å². The number of para-hydroxylation sites is 1. The van der Waals surface area contributed by atoms with E-state index in [9.17, 15) is 4.79 Å². The summed E-state index contributed by atoms with van der Waals surface area (Å²) in [6.07, 6.45) is 0. The average molecular weight is 244 g/mol. The number of hydrogen-bond donors (Lipinski definition) is 0. The molecule has 1 aromatic carbocycles. The van der Waals surface area contributed by atoms with E-state index in [1.54, 1.807) is 6.07 Å². The number of carbonyl (C=O) groups excluding carboxylic acids is 1. The first kappa shape index (κ1) is 9.83. The van der Waals surface area contributed by atoms with E-state index >= 15 is 0 Å². The zero-order valence-electron chi connectivity index (χ0n) is 7.28. The summed E-state index contributed by atoms with van der Waals surface area (Å²) >= 11 is 12.5. The van der Waals surface area contributed by atoms with Gasteiger partial charge < -0.3 is 0 Å². The van der Waals surface area contributed by atoms with Crippen LogP contribution in [-0.2, 0) is 0 Å². The van der Waals surface area contributed by atoms with Crippen LogP contribution in [0, 0.1) is 3.95 Å². The minimum Gasteiger partial charge on any atom is -0.274 e. The highest BCUT2D eigenvalue weighted by Gasteiger charge is 2.10. The van der Waals surface area contributed by atoms with Crippen LogP contribution >= 0.6 is 35.2 Å². The first-order valence-corrected chi connectivity index (χ1v) is 5.52. The standard InChI is InChI=1S/C9H6ClNOS2/c1-5(12)11-8-6(10)3-2-4-7(8)14-9(11)13/h2-4H,1H3. The van der Waals surface area contributed by atoms with Gasteiger partial charge in [-0.3, -0.25) is 9.36 Å². The normalized spacial score (nSPS) is 10.7. The highest BCUT2D eigenvalue weighted by molar-refractivity contribution is 7.73. The largest absolute Gasteiger partial charge is 0.274 e. The molecule has 0 saturated heterocycles. The Bertz CT molecular complexity index is 570. The molecule has 0 aliphatic heterocycles. The van der Waals surface area contributed by atoms with Crippen molar-refractivity contribution in [3.63, 3.8) is 0 Å². The lowest BCUT2D eigenvalue weighted by molar-refractivity contribution is 0.0941. The van der Waals surface area contributed by atoms with Crippen molar-refractivity contribution in [2.45, 2.75) is 6.92 Å². The van der Waals surface area contributed by atoms with Crippen molar-refractivity contribution in [1.29, 1.82) is 0 Å². The smallest absolute Gasteiger partial charge is 0.229 e. The molecule has 0 bridgehead atoms. The van der Waals surface area contributed by atoms with Crippen LogP contribution in [0.4, 0.5) is 0 Å². The molecule has 2 rings (SSSR count). The summed E-state index contributed by atoms with van der Waals surface area (Å²) in [5.41, 5.74) is 0.719. The molecule has 0 fully saturated rings. The van der Waals surface area contributed by atoms with Crippen molar-refractivity contribution in [3.05, 3.63) is 27.2 Å². The molecule has 5 heteroatoms. The summed E-state index contributed by atoms with van der Waals surface area (Å²) in [5, 5.41) is 0.560. The topological polar surface area (TPSA) is 22.0 Å². The number of rotatable bonds is 0. The number of carbonyl (C=O) groups is 1. The Hall–Kier alpha value is -0.710. The van der Waals surface area contributed by atoms with Gasteiger partial charge in [-0.25, -0.2) is 0 Å². The second kappa shape index (κ2) is 3.46. The molecule has 14 heavy (non-hydrogen) atoms. The Morgan fingerprint density at radius 2 is 2.29 bits per heavy atom. The summed E-state index contributed by atoms with van der Waals surface area (Å²) in [5.74, 6) is -0.102. The van der Waals surface area contributed by atoms with Crippen molar-refractivity contribution in [2.75, 3.05) is 0 Å². The van der Waals surface area contributed by atoms with Crippen LogP contribution in [0.5, 0.6) is 0 Å². The van der Waals surface area contributed by atoms with Gasteiger partial charge in [0, 0.05) is 6.92 Å². The van der Waals surface area contributed by atoms with Gasteiger partial charge in [0.25, 0.3) is 0 Å². The van der Waals surface area contributed by atoms with Gasteiger partial charge in [0.05, 0.1) is 15.2 Å². The predicted molar refractivity (Wildman–Crippen MR) is 62.0 cm³/mol. The van der Waals surface area contributed by atoms with E-state index < -0.39 is 0 Å². The highest BCUT2D eigenvalue weighted by atomic mass is 35.5. The molecule has 0 aliphatic carbocycles. The maximum Gasteiger partial charge on any atom is 0.229 e. The summed E-state index contributed by atoms with van der Waals surface area (Å²) < 4.78 is 2.95. The van der Waals surface area contributed by atoms with Gasteiger partial charge in [-0.1, -0.05) is 17.7 Å². The second-order valence-corrected chi connectivity index (χ2v) is 4.89. The maximum absolute atomic E-state index is 11.3. The molecular weight excluding hydrogens is 238 g/mol. The minimum atomic E-state index is -0.102. The lowest BCUT2D eigenvalue weighted by Crippen LogP contribution is -2.04. The molecule has 0 unspecified atom stereocenters. The number of halogens is 1. The Morgan fingerprint density at radius 1 is 1.57 bits per heavy atom. The Morgan fingerprint density at radius 3 is 2.93 bits per heavy atom. The number of benzene rings is 1. The molecule has 0 saturated carbocycles. The Kier molecular flexibility index (Phi) is 2.43. The first-order chi connectivity index (χ1) is 6.61. The summed E-state index contributed by atoms with van der Waals surface area (Å²) in [6, 6.07) is 5.51. The van der Waals surface area contributed by atoms with Gasteiger partial charge in [0.1, 0.15) is 0 Å². The molecule has 1 aromatic heterocycles. The zero-order valence-corrected chi connectivity index (χ0v) is 9.67. The van der Waals surface area contributed by atoms with Crippen molar-refractivity contribution in [3.8, 4) is 0 Å². The van der Waals surface area contributed by atoms with Crippen molar-refractivity contribution < 1.29 is 4.79 Å². The third-order valence-corrected chi connectivity index (χ3v) is 3.51. The molecule has 72 valence electrons. The molecule has 2 nitrogen and oxygen atoms in total. The van der Waals surface area contributed by atoms with Crippen LogP contribution < -0.4 is 0 Å². The van der Waals surface area contributed by atoms with E-state index in [4.69, 9.17) is 23.8 Å². The van der Waals surface area contributed by atoms with Crippen LogP contribution in [0.25, 0.3) is 10.2 Å². The van der Waals surface area contributed by atoms with E-state index in [1.165, 1.54) is 22.8 Å². The van der Waals surface area contributed by atoms with Gasteiger partial charge in [-0.05, 0) is 24.4 Å². The lowest BCUT2D eigenvalue weighted by Gasteiger charge is -1.99. The molecule has 0 spiro atoms. The molecule has 1 heterocycles. The van der Waals surface area contributed by atoms with Crippen LogP contribution in [0.15, 0.2) is 18.2 Å². The third-order valence-electron chi connectivity index (χ3n) is 1.87. The highest BCUT2D eigenvalue weighted by Crippen LogP contribution is 2.28. The molecule has 0 radical (unpaired) electrons. The van der Waals surface area contributed by atoms with E-state index in [1.807, 2.05) is 12.1 Å². The van der Waals surface area contributed by atoms with Crippen LogP contribution in [-0.4, -0.2) is 10.5 Å². The summed E-state index contributed by atoms with van der Waals surface area (Å²) in [6.45, 7) is 1.48. The quantitative estimate of drug-likeness (QED) is 0.658. The first-order valence-electron chi connectivity index (χ1n) is 3.92.